The molecule has 1 amide bonds. The van der Waals surface area contributed by atoms with Crippen LogP contribution in [0.3, 0.4) is 0 Å². The molecule has 140 valence electrons. The number of amides is 1. The SMILES string of the molecule is CN=C(NCCNC(=O)C1CC1)NCc1ccccc1OC(F)F.I. The van der Waals surface area contributed by atoms with Gasteiger partial charge in [0.15, 0.2) is 5.96 Å². The van der Waals surface area contributed by atoms with Gasteiger partial charge in [0.1, 0.15) is 5.75 Å². The van der Waals surface area contributed by atoms with E-state index in [1.807, 2.05) is 0 Å². The van der Waals surface area contributed by atoms with Crippen molar-refractivity contribution in [1.82, 2.24) is 16.0 Å². The lowest BCUT2D eigenvalue weighted by Crippen LogP contribution is -2.41. The second-order valence-electron chi connectivity index (χ2n) is 5.40. The molecule has 0 unspecified atom stereocenters. The fraction of sp³-hybridized carbons (Fsp3) is 0.500. The number of guanidine groups is 1. The molecule has 1 aliphatic carbocycles. The number of carbonyl (C=O) groups is 1. The molecule has 0 heterocycles. The maximum absolute atomic E-state index is 12.4. The number of ether oxygens (including phenoxy) is 1. The monoisotopic (exact) mass is 468 g/mol. The van der Waals surface area contributed by atoms with E-state index >= 15 is 0 Å². The minimum absolute atomic E-state index is 0. The highest BCUT2D eigenvalue weighted by Gasteiger charge is 2.28. The first-order valence-corrected chi connectivity index (χ1v) is 7.85. The molecule has 0 radical (unpaired) electrons. The van der Waals surface area contributed by atoms with Crippen molar-refractivity contribution in [2.75, 3.05) is 20.1 Å². The third-order valence-electron chi connectivity index (χ3n) is 3.52. The molecule has 1 aliphatic rings. The average Bonchev–Trinajstić information content (AvgIpc) is 3.39. The number of benzene rings is 1. The van der Waals surface area contributed by atoms with Gasteiger partial charge in [0.25, 0.3) is 0 Å². The van der Waals surface area contributed by atoms with Gasteiger partial charge in [-0.05, 0) is 18.9 Å². The quantitative estimate of drug-likeness (QED) is 0.237. The maximum Gasteiger partial charge on any atom is 0.387 e. The molecule has 9 heteroatoms. The van der Waals surface area contributed by atoms with Crippen LogP contribution >= 0.6 is 24.0 Å². The molecule has 1 aromatic carbocycles. The largest absolute Gasteiger partial charge is 0.434 e. The molecule has 25 heavy (non-hydrogen) atoms. The molecule has 1 saturated carbocycles. The zero-order valence-corrected chi connectivity index (χ0v) is 16.3. The van der Waals surface area contributed by atoms with Crippen molar-refractivity contribution in [2.45, 2.75) is 26.0 Å². The fourth-order valence-corrected chi connectivity index (χ4v) is 2.12. The van der Waals surface area contributed by atoms with Crippen LogP contribution in [0.1, 0.15) is 18.4 Å². The van der Waals surface area contributed by atoms with Crippen molar-refractivity contribution in [3.8, 4) is 5.75 Å². The number of aliphatic imine (C=N–C) groups is 1. The summed E-state index contributed by atoms with van der Waals surface area (Å²) in [5.74, 6) is 0.932. The number of alkyl halides is 2. The van der Waals surface area contributed by atoms with E-state index in [9.17, 15) is 13.6 Å². The van der Waals surface area contributed by atoms with Gasteiger partial charge in [-0.2, -0.15) is 8.78 Å². The highest BCUT2D eigenvalue weighted by Crippen LogP contribution is 2.28. The van der Waals surface area contributed by atoms with Crippen molar-refractivity contribution in [2.24, 2.45) is 10.9 Å². The van der Waals surface area contributed by atoms with Crippen LogP contribution in [0.25, 0.3) is 0 Å². The standard InChI is InChI=1S/C16H22F2N4O2.HI/c1-19-16(21-9-8-20-14(23)11-6-7-11)22-10-12-4-2-3-5-13(12)24-15(17)18;/h2-5,11,15H,6-10H2,1H3,(H,20,23)(H2,19,21,22);1H. The Labute approximate surface area is 162 Å². The molecule has 2 rings (SSSR count). The van der Waals surface area contributed by atoms with Crippen molar-refractivity contribution in [3.63, 3.8) is 0 Å². The summed E-state index contributed by atoms with van der Waals surface area (Å²) < 4.78 is 29.3. The van der Waals surface area contributed by atoms with Gasteiger partial charge in [0.05, 0.1) is 0 Å². The Hall–Kier alpha value is -1.65. The third kappa shape index (κ3) is 7.84. The average molecular weight is 468 g/mol. The molecule has 6 nitrogen and oxygen atoms in total. The van der Waals surface area contributed by atoms with E-state index in [-0.39, 0.29) is 48.1 Å². The highest BCUT2D eigenvalue weighted by molar-refractivity contribution is 14.0. The normalized spacial score (nSPS) is 13.8. The number of halogens is 3. The number of rotatable bonds is 8. The maximum atomic E-state index is 12.4. The second kappa shape index (κ2) is 11.1. The number of hydrogen-bond acceptors (Lipinski definition) is 3. The number of nitrogens with one attached hydrogen (secondary N) is 3. The predicted octanol–water partition coefficient (Wildman–Crippen LogP) is 2.10. The Morgan fingerprint density at radius 3 is 2.56 bits per heavy atom. The molecule has 0 saturated heterocycles. The molecule has 1 fully saturated rings. The third-order valence-corrected chi connectivity index (χ3v) is 3.52. The lowest BCUT2D eigenvalue weighted by molar-refractivity contribution is -0.122. The van der Waals surface area contributed by atoms with E-state index in [0.29, 0.717) is 24.6 Å². The Kier molecular flexibility index (Phi) is 9.46. The first kappa shape index (κ1) is 21.4. The zero-order valence-electron chi connectivity index (χ0n) is 13.9. The summed E-state index contributed by atoms with van der Waals surface area (Å²) in [7, 11) is 1.61. The fourth-order valence-electron chi connectivity index (χ4n) is 2.12. The highest BCUT2D eigenvalue weighted by atomic mass is 127. The van der Waals surface area contributed by atoms with E-state index < -0.39 is 6.61 Å². The lowest BCUT2D eigenvalue weighted by atomic mass is 10.2. The first-order chi connectivity index (χ1) is 11.6. The Bertz CT molecular complexity index is 583. The Balaban J connectivity index is 0.00000312. The van der Waals surface area contributed by atoms with Gasteiger partial charge < -0.3 is 20.7 Å². The van der Waals surface area contributed by atoms with Gasteiger partial charge in [-0.3, -0.25) is 9.79 Å². The van der Waals surface area contributed by atoms with Crippen LogP contribution in [-0.4, -0.2) is 38.6 Å². The van der Waals surface area contributed by atoms with Gasteiger partial charge in [-0.1, -0.05) is 18.2 Å². The number of hydrogen-bond donors (Lipinski definition) is 3. The molecular formula is C16H23F2IN4O2. The van der Waals surface area contributed by atoms with Gasteiger partial charge in [-0.25, -0.2) is 0 Å². The van der Waals surface area contributed by atoms with Gasteiger partial charge in [0, 0.05) is 38.2 Å². The van der Waals surface area contributed by atoms with Crippen molar-refractivity contribution in [1.29, 1.82) is 0 Å². The van der Waals surface area contributed by atoms with Crippen molar-refractivity contribution < 1.29 is 18.3 Å². The van der Waals surface area contributed by atoms with Crippen LogP contribution in [0.2, 0.25) is 0 Å². The molecular weight excluding hydrogens is 445 g/mol. The summed E-state index contributed by atoms with van der Waals surface area (Å²) in [5.41, 5.74) is 0.600. The van der Waals surface area contributed by atoms with Gasteiger partial charge >= 0.3 is 6.61 Å². The van der Waals surface area contributed by atoms with Crippen LogP contribution in [0.5, 0.6) is 5.75 Å². The van der Waals surface area contributed by atoms with E-state index in [2.05, 4.69) is 25.7 Å². The van der Waals surface area contributed by atoms with Gasteiger partial charge in [0.2, 0.25) is 5.91 Å². The molecule has 0 atom stereocenters. The summed E-state index contributed by atoms with van der Waals surface area (Å²) in [5, 5.41) is 8.91. The molecule has 0 spiro atoms. The minimum atomic E-state index is -2.86. The van der Waals surface area contributed by atoms with Crippen LogP contribution in [0, 0.1) is 5.92 Å². The molecule has 0 aromatic heterocycles. The van der Waals surface area contributed by atoms with E-state index in [0.717, 1.165) is 12.8 Å². The topological polar surface area (TPSA) is 74.8 Å². The minimum Gasteiger partial charge on any atom is -0.434 e. The van der Waals surface area contributed by atoms with Crippen LogP contribution in [0.15, 0.2) is 29.3 Å². The first-order valence-electron chi connectivity index (χ1n) is 7.85. The number of nitrogens with zero attached hydrogens (tertiary/aromatic N) is 1. The molecule has 0 aliphatic heterocycles. The van der Waals surface area contributed by atoms with Crippen molar-refractivity contribution in [3.05, 3.63) is 29.8 Å². The Morgan fingerprint density at radius 2 is 1.92 bits per heavy atom. The number of para-hydroxylation sites is 1. The Morgan fingerprint density at radius 1 is 1.24 bits per heavy atom. The van der Waals surface area contributed by atoms with Crippen LogP contribution in [-0.2, 0) is 11.3 Å². The van der Waals surface area contributed by atoms with E-state index in [1.165, 1.54) is 6.07 Å². The smallest absolute Gasteiger partial charge is 0.387 e. The van der Waals surface area contributed by atoms with Crippen LogP contribution in [0.4, 0.5) is 8.78 Å². The summed E-state index contributed by atoms with van der Waals surface area (Å²) in [6, 6.07) is 6.58. The summed E-state index contributed by atoms with van der Waals surface area (Å²) in [4.78, 5) is 15.5. The summed E-state index contributed by atoms with van der Waals surface area (Å²) in [6.07, 6.45) is 1.95. The molecule has 1 aromatic rings. The predicted molar refractivity (Wildman–Crippen MR) is 102 cm³/mol. The van der Waals surface area contributed by atoms with Crippen molar-refractivity contribution >= 4 is 35.8 Å². The summed E-state index contributed by atoms with van der Waals surface area (Å²) >= 11 is 0. The van der Waals surface area contributed by atoms with E-state index in [4.69, 9.17) is 0 Å². The van der Waals surface area contributed by atoms with Crippen LogP contribution < -0.4 is 20.7 Å². The second-order valence-corrected chi connectivity index (χ2v) is 5.40. The van der Waals surface area contributed by atoms with Gasteiger partial charge in [-0.15, -0.1) is 24.0 Å². The number of carbonyl (C=O) groups excluding carboxylic acids is 1. The van der Waals surface area contributed by atoms with E-state index in [1.54, 1.807) is 25.2 Å². The zero-order chi connectivity index (χ0) is 17.4. The summed E-state index contributed by atoms with van der Waals surface area (Å²) in [6.45, 7) is -1.55. The molecule has 0 bridgehead atoms. The molecule has 3 N–H and O–H groups in total. The lowest BCUT2D eigenvalue weighted by Gasteiger charge is -2.14.